The van der Waals surface area contributed by atoms with Crippen molar-refractivity contribution in [3.8, 4) is 11.5 Å². The second-order valence-electron chi connectivity index (χ2n) is 8.87. The van der Waals surface area contributed by atoms with Crippen LogP contribution >= 0.6 is 0 Å². The van der Waals surface area contributed by atoms with E-state index < -0.39 is 0 Å². The Morgan fingerprint density at radius 2 is 1.71 bits per heavy atom. The maximum absolute atomic E-state index is 5.53. The van der Waals surface area contributed by atoms with E-state index in [4.69, 9.17) is 9.47 Å². The third-order valence-corrected chi connectivity index (χ3v) is 6.72. The molecule has 0 N–H and O–H groups in total. The summed E-state index contributed by atoms with van der Waals surface area (Å²) >= 11 is 0. The monoisotopic (exact) mass is 419 g/mol. The quantitative estimate of drug-likeness (QED) is 0.712. The van der Waals surface area contributed by atoms with E-state index in [1.54, 1.807) is 0 Å². The molecule has 3 heterocycles. The van der Waals surface area contributed by atoms with Gasteiger partial charge in [-0.1, -0.05) is 48.6 Å². The van der Waals surface area contributed by atoms with Crippen LogP contribution in [0.3, 0.4) is 0 Å². The van der Waals surface area contributed by atoms with E-state index in [1.807, 2.05) is 6.07 Å². The largest absolute Gasteiger partial charge is 0.454 e. The summed E-state index contributed by atoms with van der Waals surface area (Å²) < 4.78 is 11.0. The minimum Gasteiger partial charge on any atom is -0.454 e. The average molecular weight is 420 g/mol. The Balaban J connectivity index is 1.08. The van der Waals surface area contributed by atoms with Gasteiger partial charge >= 0.3 is 0 Å². The molecule has 1 atom stereocenters. The third kappa shape index (κ3) is 5.29. The molecule has 31 heavy (non-hydrogen) atoms. The molecule has 3 aliphatic heterocycles. The highest BCUT2D eigenvalue weighted by Gasteiger charge is 2.27. The number of rotatable bonds is 6. The van der Waals surface area contributed by atoms with Gasteiger partial charge in [0.2, 0.25) is 6.79 Å². The number of nitrogens with zero attached hydrogens (tertiary/aromatic N) is 3. The summed E-state index contributed by atoms with van der Waals surface area (Å²) in [5, 5.41) is 0. The van der Waals surface area contributed by atoms with Gasteiger partial charge in [0.15, 0.2) is 11.5 Å². The van der Waals surface area contributed by atoms with E-state index in [2.05, 4.69) is 69.3 Å². The van der Waals surface area contributed by atoms with Gasteiger partial charge in [-0.3, -0.25) is 14.7 Å². The van der Waals surface area contributed by atoms with Gasteiger partial charge in [-0.25, -0.2) is 0 Å². The molecule has 2 aromatic carbocycles. The van der Waals surface area contributed by atoms with Crippen LogP contribution in [0.15, 0.2) is 54.6 Å². The maximum atomic E-state index is 5.53. The summed E-state index contributed by atoms with van der Waals surface area (Å²) in [4.78, 5) is 7.91. The van der Waals surface area contributed by atoms with Crippen LogP contribution in [0.1, 0.15) is 24.0 Å². The molecule has 2 aromatic rings. The molecule has 0 unspecified atom stereocenters. The molecule has 0 aliphatic carbocycles. The Bertz CT molecular complexity index is 877. The van der Waals surface area contributed by atoms with Gasteiger partial charge in [-0.2, -0.15) is 0 Å². The Morgan fingerprint density at radius 3 is 2.58 bits per heavy atom. The van der Waals surface area contributed by atoms with E-state index in [1.165, 1.54) is 50.1 Å². The van der Waals surface area contributed by atoms with Crippen molar-refractivity contribution >= 4 is 6.08 Å². The lowest BCUT2D eigenvalue weighted by Gasteiger charge is -2.43. The molecular formula is C26H33N3O2. The van der Waals surface area contributed by atoms with E-state index in [-0.39, 0.29) is 0 Å². The standard InChI is InChI=1S/C26H33N3O2/c1-2-6-22(7-3-1)8-4-12-27-13-5-9-24(20-27)29-16-14-28(15-17-29)19-23-10-11-25-26(18-23)31-21-30-25/h1-4,6-8,10-11,18,24H,5,9,12-17,19-21H2/b8-4+/t24-/m0/s1. The fraction of sp³-hybridized carbons (Fsp3) is 0.462. The number of likely N-dealkylation sites (tertiary alicyclic amines) is 1. The first kappa shape index (κ1) is 20.6. The third-order valence-electron chi connectivity index (χ3n) is 6.72. The minimum absolute atomic E-state index is 0.345. The summed E-state index contributed by atoms with van der Waals surface area (Å²) in [6.07, 6.45) is 7.21. The topological polar surface area (TPSA) is 28.2 Å². The Labute approximate surface area is 185 Å². The minimum atomic E-state index is 0.345. The molecule has 2 saturated heterocycles. The average Bonchev–Trinajstić information content (AvgIpc) is 3.29. The van der Waals surface area contributed by atoms with Crippen molar-refractivity contribution < 1.29 is 9.47 Å². The lowest BCUT2D eigenvalue weighted by Crippen LogP contribution is -2.54. The Morgan fingerprint density at radius 1 is 0.871 bits per heavy atom. The van der Waals surface area contributed by atoms with Gasteiger partial charge in [0.25, 0.3) is 0 Å². The fourth-order valence-corrected chi connectivity index (χ4v) is 4.98. The van der Waals surface area contributed by atoms with E-state index in [9.17, 15) is 0 Å². The van der Waals surface area contributed by atoms with Crippen molar-refractivity contribution in [1.29, 1.82) is 0 Å². The molecule has 2 fully saturated rings. The van der Waals surface area contributed by atoms with Crippen LogP contribution in [-0.4, -0.2) is 73.3 Å². The van der Waals surface area contributed by atoms with Crippen LogP contribution < -0.4 is 9.47 Å². The zero-order valence-electron chi connectivity index (χ0n) is 18.3. The molecule has 0 bridgehead atoms. The van der Waals surface area contributed by atoms with Crippen LogP contribution in [0.5, 0.6) is 11.5 Å². The van der Waals surface area contributed by atoms with Gasteiger partial charge in [-0.15, -0.1) is 0 Å². The van der Waals surface area contributed by atoms with Gasteiger partial charge in [-0.05, 0) is 42.6 Å². The SMILES string of the molecule is C(=C\c1ccccc1)/CN1CCC[C@H](N2CCN(Cc3ccc4c(c3)OCO4)CC2)C1. The predicted molar refractivity (Wildman–Crippen MR) is 124 cm³/mol. The van der Waals surface area contributed by atoms with Gasteiger partial charge in [0.1, 0.15) is 0 Å². The molecule has 5 rings (SSSR count). The van der Waals surface area contributed by atoms with Crippen LogP contribution in [0.2, 0.25) is 0 Å². The number of piperidine rings is 1. The van der Waals surface area contributed by atoms with Crippen LogP contribution in [0.25, 0.3) is 6.08 Å². The first-order chi connectivity index (χ1) is 15.3. The zero-order valence-corrected chi connectivity index (χ0v) is 18.3. The molecule has 5 nitrogen and oxygen atoms in total. The first-order valence-corrected chi connectivity index (χ1v) is 11.6. The molecule has 0 amide bonds. The zero-order chi connectivity index (χ0) is 20.9. The van der Waals surface area contributed by atoms with Crippen molar-refractivity contribution in [2.45, 2.75) is 25.4 Å². The number of hydrogen-bond donors (Lipinski definition) is 0. The van der Waals surface area contributed by atoms with Gasteiger partial charge < -0.3 is 9.47 Å². The molecule has 5 heteroatoms. The summed E-state index contributed by atoms with van der Waals surface area (Å²) in [6, 6.07) is 17.6. The van der Waals surface area contributed by atoms with Crippen molar-refractivity contribution in [2.75, 3.05) is 52.6 Å². The summed E-state index contributed by atoms with van der Waals surface area (Å²) in [5.74, 6) is 1.76. The first-order valence-electron chi connectivity index (χ1n) is 11.6. The summed E-state index contributed by atoms with van der Waals surface area (Å²) in [6.45, 7) is 9.42. The van der Waals surface area contributed by atoms with E-state index >= 15 is 0 Å². The molecule has 164 valence electrons. The smallest absolute Gasteiger partial charge is 0.231 e. The highest BCUT2D eigenvalue weighted by atomic mass is 16.7. The maximum Gasteiger partial charge on any atom is 0.231 e. The molecule has 3 aliphatic rings. The number of piperazine rings is 1. The Kier molecular flexibility index (Phi) is 6.54. The number of ether oxygens (including phenoxy) is 2. The number of fused-ring (bicyclic) bond motifs is 1. The fourth-order valence-electron chi connectivity index (χ4n) is 4.98. The molecule has 0 spiro atoms. The van der Waals surface area contributed by atoms with Crippen LogP contribution in [0, 0.1) is 0 Å². The molecule has 0 saturated carbocycles. The summed E-state index contributed by atoms with van der Waals surface area (Å²) in [7, 11) is 0. The van der Waals surface area contributed by atoms with Gasteiger partial charge in [0, 0.05) is 51.9 Å². The van der Waals surface area contributed by atoms with Crippen molar-refractivity contribution in [3.63, 3.8) is 0 Å². The molecule has 0 aromatic heterocycles. The highest BCUT2D eigenvalue weighted by Crippen LogP contribution is 2.33. The van der Waals surface area contributed by atoms with Crippen molar-refractivity contribution in [1.82, 2.24) is 14.7 Å². The van der Waals surface area contributed by atoms with Crippen molar-refractivity contribution in [3.05, 3.63) is 65.7 Å². The summed E-state index contributed by atoms with van der Waals surface area (Å²) in [5.41, 5.74) is 2.60. The van der Waals surface area contributed by atoms with Crippen molar-refractivity contribution in [2.24, 2.45) is 0 Å². The van der Waals surface area contributed by atoms with E-state index in [0.29, 0.717) is 12.8 Å². The second-order valence-corrected chi connectivity index (χ2v) is 8.87. The lowest BCUT2D eigenvalue weighted by atomic mass is 10.0. The second kappa shape index (κ2) is 9.86. The lowest BCUT2D eigenvalue weighted by molar-refractivity contribution is 0.0531. The Hall–Kier alpha value is -2.34. The van der Waals surface area contributed by atoms with Crippen LogP contribution in [0.4, 0.5) is 0 Å². The predicted octanol–water partition coefficient (Wildman–Crippen LogP) is 3.71. The normalized spacial score (nSPS) is 22.9. The van der Waals surface area contributed by atoms with Crippen LogP contribution in [-0.2, 0) is 6.54 Å². The molecule has 0 radical (unpaired) electrons. The molecular weight excluding hydrogens is 386 g/mol. The highest BCUT2D eigenvalue weighted by molar-refractivity contribution is 5.48. The number of hydrogen-bond acceptors (Lipinski definition) is 5. The number of benzene rings is 2. The van der Waals surface area contributed by atoms with E-state index in [0.717, 1.165) is 37.7 Å². The van der Waals surface area contributed by atoms with Gasteiger partial charge in [0.05, 0.1) is 0 Å².